The second-order valence-electron chi connectivity index (χ2n) is 8.05. The Kier molecular flexibility index (Phi) is 5.13. The number of rotatable bonds is 4. The van der Waals surface area contributed by atoms with E-state index in [0.717, 1.165) is 24.5 Å². The normalized spacial score (nSPS) is 19.9. The van der Waals surface area contributed by atoms with E-state index >= 15 is 0 Å². The van der Waals surface area contributed by atoms with E-state index in [0.29, 0.717) is 0 Å². The van der Waals surface area contributed by atoms with Crippen LogP contribution in [0.5, 0.6) is 11.5 Å². The lowest BCUT2D eigenvalue weighted by molar-refractivity contribution is 0.181. The van der Waals surface area contributed by atoms with Crippen LogP contribution in [-0.2, 0) is 6.42 Å². The van der Waals surface area contributed by atoms with Crippen LogP contribution < -0.4 is 9.47 Å². The standard InChI is InChI=1S/C28H27NO2/c1-4-25-22-13-9-8-12-21(22)23(19-10-6-5-7-11-19)17-26-24-18-28(31-3)27(30-2)16-20(24)14-15-29(25)26/h4-13,16-18,25-26H,1,14-15H2,2-3H3/t25-,26+/m1/s1. The lowest BCUT2D eigenvalue weighted by Crippen LogP contribution is -2.36. The maximum absolute atomic E-state index is 5.66. The fourth-order valence-corrected chi connectivity index (χ4v) is 5.05. The molecular weight excluding hydrogens is 382 g/mol. The molecule has 0 aromatic heterocycles. The summed E-state index contributed by atoms with van der Waals surface area (Å²) >= 11 is 0. The van der Waals surface area contributed by atoms with Crippen LogP contribution in [0, 0.1) is 0 Å². The zero-order chi connectivity index (χ0) is 21.4. The van der Waals surface area contributed by atoms with Gasteiger partial charge in [-0.25, -0.2) is 0 Å². The van der Waals surface area contributed by atoms with Crippen molar-refractivity contribution in [2.45, 2.75) is 18.5 Å². The van der Waals surface area contributed by atoms with Crippen molar-refractivity contribution in [2.24, 2.45) is 0 Å². The number of hydrogen-bond donors (Lipinski definition) is 0. The van der Waals surface area contributed by atoms with Crippen LogP contribution in [0.15, 0.2) is 85.5 Å². The van der Waals surface area contributed by atoms with E-state index in [2.05, 4.69) is 90.4 Å². The molecule has 31 heavy (non-hydrogen) atoms. The monoisotopic (exact) mass is 409 g/mol. The molecule has 3 heteroatoms. The van der Waals surface area contributed by atoms with Gasteiger partial charge in [0, 0.05) is 6.54 Å². The van der Waals surface area contributed by atoms with Crippen LogP contribution in [0.2, 0.25) is 0 Å². The highest BCUT2D eigenvalue weighted by Crippen LogP contribution is 2.47. The molecule has 2 heterocycles. The molecule has 0 amide bonds. The van der Waals surface area contributed by atoms with E-state index in [1.165, 1.54) is 33.4 Å². The van der Waals surface area contributed by atoms with Gasteiger partial charge in [-0.2, -0.15) is 0 Å². The third-order valence-electron chi connectivity index (χ3n) is 6.52. The number of nitrogens with zero attached hydrogens (tertiary/aromatic N) is 1. The van der Waals surface area contributed by atoms with Crippen LogP contribution >= 0.6 is 0 Å². The molecule has 2 aliphatic heterocycles. The summed E-state index contributed by atoms with van der Waals surface area (Å²) in [4.78, 5) is 2.55. The molecule has 0 fully saturated rings. The predicted molar refractivity (Wildman–Crippen MR) is 126 cm³/mol. The molecule has 2 atom stereocenters. The summed E-state index contributed by atoms with van der Waals surface area (Å²) in [5.41, 5.74) is 7.66. The largest absolute Gasteiger partial charge is 0.493 e. The quantitative estimate of drug-likeness (QED) is 0.495. The Balaban J connectivity index is 1.76. The van der Waals surface area contributed by atoms with Crippen molar-refractivity contribution in [2.75, 3.05) is 20.8 Å². The highest BCUT2D eigenvalue weighted by Gasteiger charge is 2.35. The number of benzene rings is 3. The van der Waals surface area contributed by atoms with Crippen molar-refractivity contribution in [3.05, 3.63) is 113 Å². The molecule has 0 N–H and O–H groups in total. The van der Waals surface area contributed by atoms with E-state index in [9.17, 15) is 0 Å². The Morgan fingerprint density at radius 1 is 0.903 bits per heavy atom. The van der Waals surface area contributed by atoms with Crippen LogP contribution in [0.25, 0.3) is 5.57 Å². The van der Waals surface area contributed by atoms with E-state index in [-0.39, 0.29) is 12.1 Å². The third kappa shape index (κ3) is 3.26. The number of methoxy groups -OCH3 is 2. The second-order valence-corrected chi connectivity index (χ2v) is 8.05. The van der Waals surface area contributed by atoms with Gasteiger partial charge in [-0.3, -0.25) is 4.90 Å². The zero-order valence-electron chi connectivity index (χ0n) is 18.0. The molecule has 3 nitrogen and oxygen atoms in total. The predicted octanol–water partition coefficient (Wildman–Crippen LogP) is 5.98. The fraction of sp³-hybridized carbons (Fsp3) is 0.214. The molecule has 3 aromatic rings. The first-order valence-electron chi connectivity index (χ1n) is 10.7. The van der Waals surface area contributed by atoms with Gasteiger partial charge >= 0.3 is 0 Å². The van der Waals surface area contributed by atoms with Crippen molar-refractivity contribution in [3.8, 4) is 11.5 Å². The Bertz CT molecular complexity index is 1150. The molecular formula is C28H27NO2. The van der Waals surface area contributed by atoms with Crippen molar-refractivity contribution >= 4 is 5.57 Å². The molecule has 0 aliphatic carbocycles. The summed E-state index contributed by atoms with van der Waals surface area (Å²) < 4.78 is 11.2. The van der Waals surface area contributed by atoms with E-state index in [1.54, 1.807) is 14.2 Å². The van der Waals surface area contributed by atoms with Crippen molar-refractivity contribution in [1.82, 2.24) is 4.90 Å². The van der Waals surface area contributed by atoms with Crippen LogP contribution in [0.4, 0.5) is 0 Å². The van der Waals surface area contributed by atoms with Gasteiger partial charge in [0.25, 0.3) is 0 Å². The van der Waals surface area contributed by atoms with Crippen molar-refractivity contribution in [3.63, 3.8) is 0 Å². The SMILES string of the molecule is C=C[C@@H]1c2ccccc2C(c2ccccc2)=C[C@H]2c3cc(OC)c(OC)cc3CCN12. The molecule has 156 valence electrons. The molecule has 5 rings (SSSR count). The topological polar surface area (TPSA) is 21.7 Å². The van der Waals surface area contributed by atoms with Crippen molar-refractivity contribution < 1.29 is 9.47 Å². The van der Waals surface area contributed by atoms with Gasteiger partial charge in [-0.15, -0.1) is 6.58 Å². The number of fused-ring (bicyclic) bond motifs is 4. The lowest BCUT2D eigenvalue weighted by atomic mass is 9.89. The molecule has 0 bridgehead atoms. The molecule has 2 aliphatic rings. The Labute approximate surface area is 184 Å². The van der Waals surface area contributed by atoms with Gasteiger partial charge in [0.1, 0.15) is 0 Å². The first-order valence-corrected chi connectivity index (χ1v) is 10.7. The summed E-state index contributed by atoms with van der Waals surface area (Å²) in [6, 6.07) is 24.0. The Morgan fingerprint density at radius 3 is 2.35 bits per heavy atom. The van der Waals surface area contributed by atoms with E-state index in [4.69, 9.17) is 9.47 Å². The average molecular weight is 410 g/mol. The smallest absolute Gasteiger partial charge is 0.161 e. The maximum atomic E-state index is 5.66. The molecule has 0 saturated heterocycles. The second kappa shape index (κ2) is 8.09. The summed E-state index contributed by atoms with van der Waals surface area (Å²) in [6.45, 7) is 5.18. The van der Waals surface area contributed by atoms with Gasteiger partial charge in [-0.05, 0) is 51.9 Å². The molecule has 0 saturated carbocycles. The Hall–Kier alpha value is -3.30. The fourth-order valence-electron chi connectivity index (χ4n) is 5.05. The van der Waals surface area contributed by atoms with E-state index in [1.807, 2.05) is 0 Å². The Morgan fingerprint density at radius 2 is 1.61 bits per heavy atom. The maximum Gasteiger partial charge on any atom is 0.161 e. The zero-order valence-corrected chi connectivity index (χ0v) is 18.0. The minimum atomic E-state index is 0.120. The van der Waals surface area contributed by atoms with Gasteiger partial charge in [0.2, 0.25) is 0 Å². The van der Waals surface area contributed by atoms with Gasteiger partial charge in [-0.1, -0.05) is 66.7 Å². The van der Waals surface area contributed by atoms with Crippen LogP contribution in [0.3, 0.4) is 0 Å². The van der Waals surface area contributed by atoms with Crippen LogP contribution in [-0.4, -0.2) is 25.7 Å². The molecule has 0 spiro atoms. The minimum absolute atomic E-state index is 0.120. The average Bonchev–Trinajstić information content (AvgIpc) is 2.98. The van der Waals surface area contributed by atoms with E-state index < -0.39 is 0 Å². The van der Waals surface area contributed by atoms with Crippen molar-refractivity contribution in [1.29, 1.82) is 0 Å². The first-order chi connectivity index (χ1) is 15.2. The lowest BCUT2D eigenvalue weighted by Gasteiger charge is -2.39. The number of hydrogen-bond acceptors (Lipinski definition) is 3. The summed E-state index contributed by atoms with van der Waals surface area (Å²) in [6.07, 6.45) is 5.47. The highest BCUT2D eigenvalue weighted by atomic mass is 16.5. The molecule has 0 unspecified atom stereocenters. The summed E-state index contributed by atoms with van der Waals surface area (Å²) in [5.74, 6) is 1.56. The minimum Gasteiger partial charge on any atom is -0.493 e. The number of ether oxygens (including phenoxy) is 2. The molecule has 3 aromatic carbocycles. The third-order valence-corrected chi connectivity index (χ3v) is 6.52. The summed E-state index contributed by atoms with van der Waals surface area (Å²) in [5, 5.41) is 0. The summed E-state index contributed by atoms with van der Waals surface area (Å²) in [7, 11) is 3.40. The van der Waals surface area contributed by atoms with Gasteiger partial charge in [0.05, 0.1) is 26.3 Å². The van der Waals surface area contributed by atoms with Gasteiger partial charge in [0.15, 0.2) is 11.5 Å². The highest BCUT2D eigenvalue weighted by molar-refractivity contribution is 5.83. The van der Waals surface area contributed by atoms with Crippen LogP contribution in [0.1, 0.15) is 39.9 Å². The molecule has 0 radical (unpaired) electrons. The first kappa shape index (κ1) is 19.7. The van der Waals surface area contributed by atoms with Gasteiger partial charge < -0.3 is 9.47 Å².